The first-order chi connectivity index (χ1) is 15.1. The Morgan fingerprint density at radius 1 is 0.935 bits per heavy atom. The van der Waals surface area contributed by atoms with Crippen molar-refractivity contribution in [3.05, 3.63) is 102 Å². The fraction of sp³-hybridized carbons (Fsp3) is 0.0833. The fourth-order valence-electron chi connectivity index (χ4n) is 2.96. The molecule has 4 rings (SSSR count). The number of aromatic nitrogens is 3. The van der Waals surface area contributed by atoms with Crippen molar-refractivity contribution in [3.63, 3.8) is 0 Å². The molecule has 4 aromatic rings. The molecule has 0 fully saturated rings. The van der Waals surface area contributed by atoms with E-state index in [-0.39, 0.29) is 11.5 Å². The number of rotatable bonds is 6. The predicted octanol–water partition coefficient (Wildman–Crippen LogP) is 4.30. The van der Waals surface area contributed by atoms with Crippen molar-refractivity contribution in [1.82, 2.24) is 14.8 Å². The van der Waals surface area contributed by atoms with E-state index in [4.69, 9.17) is 4.74 Å². The number of benzene rings is 2. The molecule has 0 bridgehead atoms. The minimum absolute atomic E-state index is 0.352. The number of anilines is 1. The number of ether oxygens (including phenoxy) is 1. The lowest BCUT2D eigenvalue weighted by molar-refractivity contribution is -0.119. The van der Waals surface area contributed by atoms with Gasteiger partial charge in [-0.15, -0.1) is 0 Å². The van der Waals surface area contributed by atoms with Crippen molar-refractivity contribution in [2.45, 2.75) is 13.0 Å². The lowest BCUT2D eigenvalue weighted by Gasteiger charge is -2.15. The van der Waals surface area contributed by atoms with Gasteiger partial charge in [-0.05, 0) is 61.5 Å². The molecule has 31 heavy (non-hydrogen) atoms. The van der Waals surface area contributed by atoms with Crippen LogP contribution in [-0.2, 0) is 4.79 Å². The quantitative estimate of drug-likeness (QED) is 0.510. The highest BCUT2D eigenvalue weighted by atomic mass is 16.5. The molecule has 7 nitrogen and oxygen atoms in total. The molecule has 2 aromatic carbocycles. The molecule has 2 aromatic heterocycles. The molecule has 1 N–H and O–H groups in total. The van der Waals surface area contributed by atoms with E-state index in [1.165, 1.54) is 10.7 Å². The second-order valence-corrected chi connectivity index (χ2v) is 6.85. The summed E-state index contributed by atoms with van der Waals surface area (Å²) in [6.07, 6.45) is 3.31. The van der Waals surface area contributed by atoms with E-state index in [0.717, 1.165) is 11.3 Å². The SMILES string of the molecule is CC(C(=O)Nc1ccc(Oc2ccccc2)cc1)n1nc(-c2cccnc2)ccc1=O. The van der Waals surface area contributed by atoms with Gasteiger partial charge in [0.25, 0.3) is 5.56 Å². The smallest absolute Gasteiger partial charge is 0.267 e. The van der Waals surface area contributed by atoms with Crippen molar-refractivity contribution in [2.24, 2.45) is 0 Å². The van der Waals surface area contributed by atoms with E-state index in [1.54, 1.807) is 55.7 Å². The molecule has 0 aliphatic carbocycles. The van der Waals surface area contributed by atoms with E-state index >= 15 is 0 Å². The normalized spacial score (nSPS) is 11.5. The Kier molecular flexibility index (Phi) is 5.84. The Morgan fingerprint density at radius 3 is 2.39 bits per heavy atom. The Labute approximate surface area is 179 Å². The van der Waals surface area contributed by atoms with Gasteiger partial charge < -0.3 is 10.1 Å². The van der Waals surface area contributed by atoms with Gasteiger partial charge in [0.1, 0.15) is 17.5 Å². The maximum absolute atomic E-state index is 12.7. The molecule has 154 valence electrons. The largest absolute Gasteiger partial charge is 0.457 e. The minimum atomic E-state index is -0.802. The maximum Gasteiger partial charge on any atom is 0.267 e. The van der Waals surface area contributed by atoms with Crippen LogP contribution in [0, 0.1) is 0 Å². The topological polar surface area (TPSA) is 86.1 Å². The van der Waals surface area contributed by atoms with Gasteiger partial charge in [-0.25, -0.2) is 4.68 Å². The molecule has 2 heterocycles. The molecule has 0 spiro atoms. The Morgan fingerprint density at radius 2 is 1.68 bits per heavy atom. The van der Waals surface area contributed by atoms with E-state index in [1.807, 2.05) is 36.4 Å². The van der Waals surface area contributed by atoms with Crippen LogP contribution in [0.4, 0.5) is 5.69 Å². The summed E-state index contributed by atoms with van der Waals surface area (Å²) in [4.78, 5) is 29.1. The zero-order valence-electron chi connectivity index (χ0n) is 16.8. The van der Waals surface area contributed by atoms with Crippen molar-refractivity contribution >= 4 is 11.6 Å². The third-order valence-corrected chi connectivity index (χ3v) is 4.63. The van der Waals surface area contributed by atoms with Crippen molar-refractivity contribution < 1.29 is 9.53 Å². The van der Waals surface area contributed by atoms with Crippen molar-refractivity contribution in [3.8, 4) is 22.8 Å². The van der Waals surface area contributed by atoms with Crippen LogP contribution in [0.1, 0.15) is 13.0 Å². The number of carbonyl (C=O) groups is 1. The monoisotopic (exact) mass is 412 g/mol. The number of carbonyl (C=O) groups excluding carboxylic acids is 1. The summed E-state index contributed by atoms with van der Waals surface area (Å²) in [5.41, 5.74) is 1.56. The summed E-state index contributed by atoms with van der Waals surface area (Å²) < 4.78 is 6.92. The predicted molar refractivity (Wildman–Crippen MR) is 118 cm³/mol. The average molecular weight is 412 g/mol. The fourth-order valence-corrected chi connectivity index (χ4v) is 2.96. The molecule has 0 aliphatic rings. The first kappa shape index (κ1) is 20.0. The van der Waals surface area contributed by atoms with Crippen LogP contribution in [0.5, 0.6) is 11.5 Å². The van der Waals surface area contributed by atoms with Gasteiger partial charge in [0.05, 0.1) is 5.69 Å². The molecule has 0 saturated carbocycles. The number of amides is 1. The number of hydrogen-bond acceptors (Lipinski definition) is 5. The lowest BCUT2D eigenvalue weighted by atomic mass is 10.2. The Hall–Kier alpha value is -4.26. The summed E-state index contributed by atoms with van der Waals surface area (Å²) in [6.45, 7) is 1.63. The molecule has 0 saturated heterocycles. The lowest BCUT2D eigenvalue weighted by Crippen LogP contribution is -2.33. The third kappa shape index (κ3) is 4.84. The van der Waals surface area contributed by atoms with Gasteiger partial charge in [0.2, 0.25) is 5.91 Å². The zero-order chi connectivity index (χ0) is 21.6. The van der Waals surface area contributed by atoms with Crippen LogP contribution in [0.3, 0.4) is 0 Å². The summed E-state index contributed by atoms with van der Waals surface area (Å²) >= 11 is 0. The highest BCUT2D eigenvalue weighted by Gasteiger charge is 2.18. The number of nitrogens with zero attached hydrogens (tertiary/aromatic N) is 3. The minimum Gasteiger partial charge on any atom is -0.457 e. The summed E-state index contributed by atoms with van der Waals surface area (Å²) in [5, 5.41) is 7.16. The van der Waals surface area contributed by atoms with Crippen LogP contribution in [0.15, 0.2) is 96.1 Å². The standard InChI is InChI=1S/C24H20N4O3/c1-17(28-23(29)14-13-22(27-28)18-6-5-15-25-16-18)24(30)26-19-9-11-21(12-10-19)31-20-7-3-2-4-8-20/h2-17H,1H3,(H,26,30). The highest BCUT2D eigenvalue weighted by molar-refractivity contribution is 5.93. The van der Waals surface area contributed by atoms with Crippen LogP contribution >= 0.6 is 0 Å². The van der Waals surface area contributed by atoms with Gasteiger partial charge in [0, 0.05) is 29.7 Å². The summed E-state index contributed by atoms with van der Waals surface area (Å²) in [7, 11) is 0. The molecule has 1 atom stereocenters. The Balaban J connectivity index is 1.47. The number of nitrogens with one attached hydrogen (secondary N) is 1. The second kappa shape index (κ2) is 9.04. The van der Waals surface area contributed by atoms with Gasteiger partial charge >= 0.3 is 0 Å². The number of hydrogen-bond donors (Lipinski definition) is 1. The van der Waals surface area contributed by atoms with Crippen LogP contribution in [0.2, 0.25) is 0 Å². The molecule has 7 heteroatoms. The van der Waals surface area contributed by atoms with E-state index in [2.05, 4.69) is 15.4 Å². The van der Waals surface area contributed by atoms with E-state index < -0.39 is 6.04 Å². The van der Waals surface area contributed by atoms with Gasteiger partial charge in [-0.3, -0.25) is 14.6 Å². The van der Waals surface area contributed by atoms with E-state index in [0.29, 0.717) is 17.1 Å². The van der Waals surface area contributed by atoms with Crippen LogP contribution in [0.25, 0.3) is 11.3 Å². The van der Waals surface area contributed by atoms with Gasteiger partial charge in [-0.2, -0.15) is 5.10 Å². The molecule has 1 unspecified atom stereocenters. The van der Waals surface area contributed by atoms with Gasteiger partial charge in [-0.1, -0.05) is 18.2 Å². The molecule has 0 aliphatic heterocycles. The van der Waals surface area contributed by atoms with E-state index in [9.17, 15) is 9.59 Å². The highest BCUT2D eigenvalue weighted by Crippen LogP contribution is 2.23. The summed E-state index contributed by atoms with van der Waals surface area (Å²) in [5.74, 6) is 1.03. The third-order valence-electron chi connectivity index (χ3n) is 4.63. The van der Waals surface area contributed by atoms with Crippen molar-refractivity contribution in [2.75, 3.05) is 5.32 Å². The molecular formula is C24H20N4O3. The second-order valence-electron chi connectivity index (χ2n) is 6.85. The molecule has 1 amide bonds. The number of para-hydroxylation sites is 1. The molecular weight excluding hydrogens is 392 g/mol. The zero-order valence-corrected chi connectivity index (χ0v) is 16.8. The van der Waals surface area contributed by atoms with Crippen molar-refractivity contribution in [1.29, 1.82) is 0 Å². The summed E-state index contributed by atoms with van der Waals surface area (Å²) in [6, 6.07) is 22.3. The average Bonchev–Trinajstić information content (AvgIpc) is 2.81. The molecule has 0 radical (unpaired) electrons. The Bertz CT molecular complexity index is 1220. The van der Waals surface area contributed by atoms with Crippen LogP contribution < -0.4 is 15.6 Å². The first-order valence-electron chi connectivity index (χ1n) is 9.74. The van der Waals surface area contributed by atoms with Crippen LogP contribution in [-0.4, -0.2) is 20.7 Å². The van der Waals surface area contributed by atoms with Gasteiger partial charge in [0.15, 0.2) is 0 Å². The first-order valence-corrected chi connectivity index (χ1v) is 9.74. The maximum atomic E-state index is 12.7. The number of pyridine rings is 1.